The highest BCUT2D eigenvalue weighted by molar-refractivity contribution is 7.92. The van der Waals surface area contributed by atoms with Crippen LogP contribution in [-0.2, 0) is 26.2 Å². The number of carbonyl (C=O) groups is 3. The summed E-state index contributed by atoms with van der Waals surface area (Å²) in [4.78, 5) is 39.3. The highest BCUT2D eigenvalue weighted by atomic mass is 35.5. The van der Waals surface area contributed by atoms with E-state index in [1.807, 2.05) is 0 Å². The number of amides is 2. The number of Topliss-reactive ketones (excluding diaryl/α,β-unsaturated/α-hetero) is 1. The van der Waals surface area contributed by atoms with Gasteiger partial charge in [-0.25, -0.2) is 8.42 Å². The van der Waals surface area contributed by atoms with Crippen molar-refractivity contribution >= 4 is 44.9 Å². The molecule has 0 heterocycles. The van der Waals surface area contributed by atoms with E-state index in [0.717, 1.165) is 10.6 Å². The molecular weight excluding hydrogens is 478 g/mol. The maximum atomic E-state index is 13.5. The topological polar surface area (TPSA) is 104 Å². The summed E-state index contributed by atoms with van der Waals surface area (Å²) in [5, 5.41) is 3.20. The van der Waals surface area contributed by atoms with Crippen LogP contribution in [0.5, 0.6) is 0 Å². The molecule has 2 aromatic rings. The Labute approximate surface area is 205 Å². The summed E-state index contributed by atoms with van der Waals surface area (Å²) in [5.41, 5.74) is 1.11. The first kappa shape index (κ1) is 27.3. The molecule has 184 valence electrons. The standard InChI is InChI=1S/C24H30ClN3O5S/c1-16(2)26-24(31)17(3)27(14-20-9-6-7-12-22(20)25)23(30)15-28(34(5,32)33)21-11-8-10-19(13-21)18(4)29/h6-13,16-17H,14-15H2,1-5H3,(H,26,31). The molecule has 0 saturated carbocycles. The van der Waals surface area contributed by atoms with Gasteiger partial charge in [-0.15, -0.1) is 0 Å². The van der Waals surface area contributed by atoms with Gasteiger partial charge in [0, 0.05) is 23.2 Å². The number of halogens is 1. The lowest BCUT2D eigenvalue weighted by atomic mass is 10.1. The molecule has 2 amide bonds. The number of sulfonamides is 1. The monoisotopic (exact) mass is 507 g/mol. The van der Waals surface area contributed by atoms with Gasteiger partial charge in [0.1, 0.15) is 12.6 Å². The van der Waals surface area contributed by atoms with Crippen LogP contribution in [0.15, 0.2) is 48.5 Å². The molecular formula is C24H30ClN3O5S. The van der Waals surface area contributed by atoms with E-state index in [9.17, 15) is 22.8 Å². The van der Waals surface area contributed by atoms with E-state index in [-0.39, 0.29) is 30.0 Å². The second-order valence-corrected chi connectivity index (χ2v) is 10.6. The molecule has 1 N–H and O–H groups in total. The number of anilines is 1. The summed E-state index contributed by atoms with van der Waals surface area (Å²) in [6, 6.07) is 11.9. The Hall–Kier alpha value is -2.91. The first-order valence-electron chi connectivity index (χ1n) is 10.7. The molecule has 0 saturated heterocycles. The third-order valence-electron chi connectivity index (χ3n) is 5.12. The minimum absolute atomic E-state index is 0.0102. The van der Waals surface area contributed by atoms with E-state index in [1.54, 1.807) is 57.2 Å². The number of nitrogens with zero attached hydrogens (tertiary/aromatic N) is 2. The molecule has 1 unspecified atom stereocenters. The summed E-state index contributed by atoms with van der Waals surface area (Å²) in [6.07, 6.45) is 0.980. The van der Waals surface area contributed by atoms with Gasteiger partial charge in [-0.1, -0.05) is 41.9 Å². The van der Waals surface area contributed by atoms with Crippen LogP contribution in [0.25, 0.3) is 0 Å². The molecule has 8 nitrogen and oxygen atoms in total. The number of rotatable bonds is 10. The number of hydrogen-bond acceptors (Lipinski definition) is 5. The number of ketones is 1. The van der Waals surface area contributed by atoms with Gasteiger partial charge in [-0.05, 0) is 51.5 Å². The van der Waals surface area contributed by atoms with Gasteiger partial charge in [-0.2, -0.15) is 0 Å². The smallest absolute Gasteiger partial charge is 0.244 e. The maximum absolute atomic E-state index is 13.5. The molecule has 0 fully saturated rings. The van der Waals surface area contributed by atoms with Crippen LogP contribution in [0, 0.1) is 0 Å². The maximum Gasteiger partial charge on any atom is 0.244 e. The molecule has 0 bridgehead atoms. The fourth-order valence-corrected chi connectivity index (χ4v) is 4.33. The second-order valence-electron chi connectivity index (χ2n) is 8.33. The summed E-state index contributed by atoms with van der Waals surface area (Å²) in [7, 11) is -3.89. The number of nitrogens with one attached hydrogen (secondary N) is 1. The molecule has 34 heavy (non-hydrogen) atoms. The van der Waals surface area contributed by atoms with E-state index in [1.165, 1.54) is 24.0 Å². The molecule has 2 aromatic carbocycles. The fourth-order valence-electron chi connectivity index (χ4n) is 3.29. The van der Waals surface area contributed by atoms with E-state index < -0.39 is 28.5 Å². The Morgan fingerprint density at radius 1 is 1.03 bits per heavy atom. The third kappa shape index (κ3) is 7.30. The lowest BCUT2D eigenvalue weighted by Crippen LogP contribution is -2.52. The zero-order valence-electron chi connectivity index (χ0n) is 19.9. The summed E-state index contributed by atoms with van der Waals surface area (Å²) in [5.74, 6) is -1.20. The molecule has 0 spiro atoms. The Morgan fingerprint density at radius 3 is 2.24 bits per heavy atom. The first-order valence-corrected chi connectivity index (χ1v) is 13.0. The van der Waals surface area contributed by atoms with E-state index in [2.05, 4.69) is 5.32 Å². The van der Waals surface area contributed by atoms with Gasteiger partial charge in [0.15, 0.2) is 5.78 Å². The van der Waals surface area contributed by atoms with Crippen molar-refractivity contribution in [3.63, 3.8) is 0 Å². The number of hydrogen-bond donors (Lipinski definition) is 1. The summed E-state index contributed by atoms with van der Waals surface area (Å²) in [6.45, 7) is 6.01. The normalized spacial score (nSPS) is 12.2. The molecule has 0 aliphatic heterocycles. The van der Waals surface area contributed by atoms with Crippen LogP contribution in [0.4, 0.5) is 5.69 Å². The van der Waals surface area contributed by atoms with Crippen LogP contribution in [0.3, 0.4) is 0 Å². The quantitative estimate of drug-likeness (QED) is 0.497. The molecule has 1 atom stereocenters. The minimum Gasteiger partial charge on any atom is -0.352 e. The van der Waals surface area contributed by atoms with Gasteiger partial charge < -0.3 is 10.2 Å². The average Bonchev–Trinajstić information content (AvgIpc) is 2.75. The largest absolute Gasteiger partial charge is 0.352 e. The van der Waals surface area contributed by atoms with E-state index in [0.29, 0.717) is 16.1 Å². The molecule has 0 aliphatic rings. The summed E-state index contributed by atoms with van der Waals surface area (Å²) >= 11 is 6.29. The molecule has 10 heteroatoms. The molecule has 0 aromatic heterocycles. The average molecular weight is 508 g/mol. The van der Waals surface area contributed by atoms with Crippen molar-refractivity contribution in [1.29, 1.82) is 0 Å². The number of carbonyl (C=O) groups excluding carboxylic acids is 3. The lowest BCUT2D eigenvalue weighted by molar-refractivity contribution is -0.139. The predicted molar refractivity (Wildman–Crippen MR) is 133 cm³/mol. The first-order chi connectivity index (χ1) is 15.8. The third-order valence-corrected chi connectivity index (χ3v) is 6.63. The Morgan fingerprint density at radius 2 is 1.68 bits per heavy atom. The summed E-state index contributed by atoms with van der Waals surface area (Å²) < 4.78 is 26.1. The van der Waals surface area contributed by atoms with Gasteiger partial charge in [0.05, 0.1) is 11.9 Å². The Kier molecular flexibility index (Phi) is 9.23. The molecule has 2 rings (SSSR count). The van der Waals surface area contributed by atoms with Crippen LogP contribution >= 0.6 is 11.6 Å². The molecule has 0 aliphatic carbocycles. The second kappa shape index (κ2) is 11.5. The Balaban J connectivity index is 2.44. The van der Waals surface area contributed by atoms with Crippen LogP contribution in [0.2, 0.25) is 5.02 Å². The zero-order chi connectivity index (χ0) is 25.6. The van der Waals surface area contributed by atoms with Crippen molar-refractivity contribution < 1.29 is 22.8 Å². The van der Waals surface area contributed by atoms with Crippen molar-refractivity contribution in [2.24, 2.45) is 0 Å². The van der Waals surface area contributed by atoms with E-state index in [4.69, 9.17) is 11.6 Å². The Bertz CT molecular complexity index is 1170. The minimum atomic E-state index is -3.89. The van der Waals surface area contributed by atoms with Gasteiger partial charge in [0.25, 0.3) is 0 Å². The van der Waals surface area contributed by atoms with Crippen molar-refractivity contribution in [3.8, 4) is 0 Å². The predicted octanol–water partition coefficient (Wildman–Crippen LogP) is 3.25. The van der Waals surface area contributed by atoms with Crippen molar-refractivity contribution in [2.75, 3.05) is 17.1 Å². The highest BCUT2D eigenvalue weighted by Crippen LogP contribution is 2.22. The van der Waals surface area contributed by atoms with Crippen LogP contribution in [0.1, 0.15) is 43.6 Å². The molecule has 0 radical (unpaired) electrons. The zero-order valence-corrected chi connectivity index (χ0v) is 21.5. The van der Waals surface area contributed by atoms with Crippen molar-refractivity contribution in [2.45, 2.75) is 46.3 Å². The van der Waals surface area contributed by atoms with Gasteiger partial charge >= 0.3 is 0 Å². The van der Waals surface area contributed by atoms with Crippen molar-refractivity contribution in [3.05, 3.63) is 64.7 Å². The fraction of sp³-hybridized carbons (Fsp3) is 0.375. The van der Waals surface area contributed by atoms with Crippen LogP contribution < -0.4 is 9.62 Å². The number of benzene rings is 2. The lowest BCUT2D eigenvalue weighted by Gasteiger charge is -2.32. The van der Waals surface area contributed by atoms with Crippen molar-refractivity contribution in [1.82, 2.24) is 10.2 Å². The van der Waals surface area contributed by atoms with E-state index >= 15 is 0 Å². The van der Waals surface area contributed by atoms with Gasteiger partial charge in [0.2, 0.25) is 21.8 Å². The highest BCUT2D eigenvalue weighted by Gasteiger charge is 2.30. The van der Waals surface area contributed by atoms with Gasteiger partial charge in [-0.3, -0.25) is 18.7 Å². The SMILES string of the molecule is CC(=O)c1cccc(N(CC(=O)N(Cc2ccccc2Cl)C(C)C(=O)NC(C)C)S(C)(=O)=O)c1. The van der Waals surface area contributed by atoms with Crippen LogP contribution in [-0.4, -0.2) is 55.8 Å².